The highest BCUT2D eigenvalue weighted by molar-refractivity contribution is 6.06. The van der Waals surface area contributed by atoms with E-state index >= 15 is 0 Å². The maximum Gasteiger partial charge on any atom is 0.199 e. The Hall–Kier alpha value is -2.82. The number of phenolic OH excluding ortho intramolecular Hbond substituents is 1. The summed E-state index contributed by atoms with van der Waals surface area (Å²) in [5.74, 6) is 0.0569. The van der Waals surface area contributed by atoms with Gasteiger partial charge in [-0.2, -0.15) is 0 Å². The average Bonchev–Trinajstić information content (AvgIpc) is 2.81. The Morgan fingerprint density at radius 3 is 2.89 bits per heavy atom. The number of aromatic hydroxyl groups is 1. The Morgan fingerprint density at radius 2 is 2.05 bits per heavy atom. The SMILES string of the molecule is Nc1ccc2ncn3c4ccc(O)cc4c(=O)c1c23. The molecule has 4 rings (SSSR count). The molecule has 0 unspecified atom stereocenters. The minimum Gasteiger partial charge on any atom is -0.508 e. The number of hydrogen-bond donors (Lipinski definition) is 2. The van der Waals surface area contributed by atoms with E-state index in [2.05, 4.69) is 4.98 Å². The Balaban J connectivity index is 2.48. The van der Waals surface area contributed by atoms with Crippen LogP contribution in [0.1, 0.15) is 0 Å². The number of aromatic nitrogens is 2. The number of hydrogen-bond acceptors (Lipinski definition) is 4. The van der Waals surface area contributed by atoms with Crippen molar-refractivity contribution in [2.45, 2.75) is 0 Å². The summed E-state index contributed by atoms with van der Waals surface area (Å²) in [6.45, 7) is 0. The molecule has 0 aliphatic rings. The lowest BCUT2D eigenvalue weighted by atomic mass is 10.1. The second kappa shape index (κ2) is 3.14. The summed E-state index contributed by atoms with van der Waals surface area (Å²) < 4.78 is 1.83. The highest BCUT2D eigenvalue weighted by Gasteiger charge is 2.15. The first-order valence-electron chi connectivity index (χ1n) is 5.80. The molecule has 2 heterocycles. The van der Waals surface area contributed by atoms with Crippen molar-refractivity contribution in [3.05, 3.63) is 46.9 Å². The predicted molar refractivity (Wildman–Crippen MR) is 73.7 cm³/mol. The first-order chi connectivity index (χ1) is 9.16. The van der Waals surface area contributed by atoms with Crippen LogP contribution in [0.3, 0.4) is 0 Å². The van der Waals surface area contributed by atoms with Gasteiger partial charge in [0.2, 0.25) is 0 Å². The van der Waals surface area contributed by atoms with Crippen molar-refractivity contribution in [2.24, 2.45) is 0 Å². The summed E-state index contributed by atoms with van der Waals surface area (Å²) >= 11 is 0. The summed E-state index contributed by atoms with van der Waals surface area (Å²) in [5, 5.41) is 10.4. The summed E-state index contributed by atoms with van der Waals surface area (Å²) in [6, 6.07) is 8.19. The van der Waals surface area contributed by atoms with E-state index in [1.54, 1.807) is 30.6 Å². The van der Waals surface area contributed by atoms with E-state index in [0.29, 0.717) is 22.0 Å². The van der Waals surface area contributed by atoms with E-state index in [0.717, 1.165) is 11.0 Å². The number of imidazole rings is 1. The smallest absolute Gasteiger partial charge is 0.199 e. The topological polar surface area (TPSA) is 80.6 Å². The zero-order valence-corrected chi connectivity index (χ0v) is 9.79. The molecule has 0 saturated carbocycles. The van der Waals surface area contributed by atoms with Crippen LogP contribution in [0.5, 0.6) is 5.75 Å². The first kappa shape index (κ1) is 10.1. The summed E-state index contributed by atoms with van der Waals surface area (Å²) in [5.41, 5.74) is 8.34. The number of rotatable bonds is 0. The molecule has 3 N–H and O–H groups in total. The number of phenols is 1. The molecule has 0 atom stereocenters. The number of anilines is 1. The predicted octanol–water partition coefficient (Wildman–Crippen LogP) is 1.73. The molecule has 0 fully saturated rings. The minimum absolute atomic E-state index is 0.0569. The molecule has 19 heavy (non-hydrogen) atoms. The number of fused-ring (bicyclic) bond motifs is 2. The fourth-order valence-corrected chi connectivity index (χ4v) is 2.59. The van der Waals surface area contributed by atoms with E-state index in [9.17, 15) is 9.90 Å². The van der Waals surface area contributed by atoms with Gasteiger partial charge in [0.1, 0.15) is 12.1 Å². The Bertz CT molecular complexity index is 1000. The van der Waals surface area contributed by atoms with Gasteiger partial charge < -0.3 is 10.8 Å². The van der Waals surface area contributed by atoms with Gasteiger partial charge in [-0.15, -0.1) is 0 Å². The second-order valence-corrected chi connectivity index (χ2v) is 4.54. The lowest BCUT2D eigenvalue weighted by Crippen LogP contribution is -2.08. The van der Waals surface area contributed by atoms with Gasteiger partial charge in [-0.1, -0.05) is 0 Å². The molecule has 0 amide bonds. The molecular weight excluding hydrogens is 242 g/mol. The zero-order valence-electron chi connectivity index (χ0n) is 9.79. The van der Waals surface area contributed by atoms with Crippen LogP contribution in [0, 0.1) is 0 Å². The minimum atomic E-state index is -0.179. The third-order valence-electron chi connectivity index (χ3n) is 3.45. The first-order valence-corrected chi connectivity index (χ1v) is 5.80. The number of nitrogens with zero attached hydrogens (tertiary/aromatic N) is 2. The molecule has 0 aliphatic heterocycles. The third-order valence-corrected chi connectivity index (χ3v) is 3.45. The molecular formula is C14H9N3O2. The van der Waals surface area contributed by atoms with Crippen molar-refractivity contribution in [2.75, 3.05) is 5.73 Å². The normalized spacial score (nSPS) is 11.8. The summed E-state index contributed by atoms with van der Waals surface area (Å²) in [7, 11) is 0. The van der Waals surface area contributed by atoms with Crippen molar-refractivity contribution in [3.63, 3.8) is 0 Å². The van der Waals surface area contributed by atoms with Crippen LogP contribution in [0.15, 0.2) is 41.5 Å². The molecule has 2 aromatic heterocycles. The standard InChI is InChI=1S/C14H9N3O2/c15-9-2-3-10-13-12(9)14(19)8-5-7(18)1-4-11(8)17(13)6-16-10/h1-6,18H,15H2. The monoisotopic (exact) mass is 251 g/mol. The van der Waals surface area contributed by atoms with Gasteiger partial charge >= 0.3 is 0 Å². The number of pyridine rings is 1. The van der Waals surface area contributed by atoms with E-state index < -0.39 is 0 Å². The van der Waals surface area contributed by atoms with Gasteiger partial charge in [-0.25, -0.2) is 4.98 Å². The van der Waals surface area contributed by atoms with Gasteiger partial charge in [-0.3, -0.25) is 9.20 Å². The maximum absolute atomic E-state index is 12.5. The third kappa shape index (κ3) is 1.14. The molecule has 4 aromatic rings. The molecule has 0 bridgehead atoms. The van der Waals surface area contributed by atoms with Gasteiger partial charge in [0.05, 0.1) is 27.3 Å². The van der Waals surface area contributed by atoms with Crippen molar-refractivity contribution in [1.29, 1.82) is 0 Å². The largest absolute Gasteiger partial charge is 0.508 e. The van der Waals surface area contributed by atoms with Gasteiger partial charge in [-0.05, 0) is 30.3 Å². The van der Waals surface area contributed by atoms with Gasteiger partial charge in [0.25, 0.3) is 0 Å². The molecule has 5 heteroatoms. The molecule has 5 nitrogen and oxygen atoms in total. The zero-order chi connectivity index (χ0) is 13.1. The van der Waals surface area contributed by atoms with E-state index in [1.807, 2.05) is 4.40 Å². The van der Waals surface area contributed by atoms with Crippen LogP contribution in [0.25, 0.3) is 27.3 Å². The molecule has 0 saturated heterocycles. The van der Waals surface area contributed by atoms with E-state index in [-0.39, 0.29) is 11.2 Å². The van der Waals surface area contributed by atoms with E-state index in [4.69, 9.17) is 5.73 Å². The van der Waals surface area contributed by atoms with Crippen molar-refractivity contribution < 1.29 is 5.11 Å². The molecule has 0 aliphatic carbocycles. The Morgan fingerprint density at radius 1 is 1.21 bits per heavy atom. The van der Waals surface area contributed by atoms with E-state index in [1.165, 1.54) is 6.07 Å². The molecule has 0 spiro atoms. The maximum atomic E-state index is 12.5. The molecule has 0 radical (unpaired) electrons. The molecule has 2 aromatic carbocycles. The fraction of sp³-hybridized carbons (Fsp3) is 0. The van der Waals surface area contributed by atoms with Crippen molar-refractivity contribution >= 4 is 33.0 Å². The highest BCUT2D eigenvalue weighted by atomic mass is 16.3. The number of nitrogens with two attached hydrogens (primary N) is 1. The lowest BCUT2D eigenvalue weighted by molar-refractivity contribution is 0.476. The van der Waals surface area contributed by atoms with Crippen LogP contribution >= 0.6 is 0 Å². The fourth-order valence-electron chi connectivity index (χ4n) is 2.59. The van der Waals surface area contributed by atoms with Crippen LogP contribution in [0.2, 0.25) is 0 Å². The van der Waals surface area contributed by atoms with Crippen LogP contribution in [0.4, 0.5) is 5.69 Å². The van der Waals surface area contributed by atoms with Gasteiger partial charge in [0.15, 0.2) is 5.43 Å². The Labute approximate surface area is 106 Å². The molecule has 92 valence electrons. The number of benzene rings is 2. The van der Waals surface area contributed by atoms with Crippen LogP contribution < -0.4 is 11.2 Å². The Kier molecular flexibility index (Phi) is 1.67. The summed E-state index contributed by atoms with van der Waals surface area (Å²) in [6.07, 6.45) is 1.66. The average molecular weight is 251 g/mol. The lowest BCUT2D eigenvalue weighted by Gasteiger charge is -2.07. The highest BCUT2D eigenvalue weighted by Crippen LogP contribution is 2.27. The van der Waals surface area contributed by atoms with Crippen molar-refractivity contribution in [3.8, 4) is 5.75 Å². The van der Waals surface area contributed by atoms with Crippen molar-refractivity contribution in [1.82, 2.24) is 9.38 Å². The number of nitrogen functional groups attached to an aromatic ring is 1. The summed E-state index contributed by atoms with van der Waals surface area (Å²) in [4.78, 5) is 16.8. The van der Waals surface area contributed by atoms with Crippen LogP contribution in [-0.2, 0) is 0 Å². The second-order valence-electron chi connectivity index (χ2n) is 4.54. The van der Waals surface area contributed by atoms with Crippen LogP contribution in [-0.4, -0.2) is 14.5 Å². The quantitative estimate of drug-likeness (QED) is 0.368. The van der Waals surface area contributed by atoms with Gasteiger partial charge in [0, 0.05) is 5.69 Å².